The molecule has 0 saturated carbocycles. The molecule has 0 spiro atoms. The average molecular weight is 716 g/mol. The average Bonchev–Trinajstić information content (AvgIpc) is 3.07. The normalized spacial score (nSPS) is 15.2. The van der Waals surface area contributed by atoms with Gasteiger partial charge in [0, 0.05) is 19.0 Å². The van der Waals surface area contributed by atoms with Gasteiger partial charge >= 0.3 is 6.09 Å². The molecule has 0 bridgehead atoms. The first kappa shape index (κ1) is 36.6. The number of nitrogens with two attached hydrogens (primary N) is 3. The van der Waals surface area contributed by atoms with Gasteiger partial charge < -0.3 is 32.6 Å². The summed E-state index contributed by atoms with van der Waals surface area (Å²) in [6, 6.07) is 8.45. The number of fused-ring (bicyclic) bond motifs is 2. The zero-order valence-corrected chi connectivity index (χ0v) is 28.2. The second kappa shape index (κ2) is 15.5. The first-order valence-corrected chi connectivity index (χ1v) is 16.1. The zero-order valence-electron chi connectivity index (χ0n) is 28.2. The van der Waals surface area contributed by atoms with Gasteiger partial charge in [0.2, 0.25) is 23.6 Å². The molecule has 19 nitrogen and oxygen atoms in total. The fourth-order valence-corrected chi connectivity index (χ4v) is 5.83. The number of carbonyl (C=O) groups is 5. The van der Waals surface area contributed by atoms with Crippen molar-refractivity contribution in [3.05, 3.63) is 80.7 Å². The van der Waals surface area contributed by atoms with Crippen LogP contribution in [0.15, 0.2) is 57.9 Å². The number of anilines is 2. The predicted molar refractivity (Wildman–Crippen MR) is 188 cm³/mol. The molecule has 2 unspecified atom stereocenters. The minimum absolute atomic E-state index is 0.0282. The standard InChI is InChI=1S/C33H37N11O8/c1-16-38-20-6-4-8-22(29(20)31(49)43(16)23-9-12-26(46)42-30(23)48)41-33(51)52-15-18(34)13-37-14-27(47)40-21-7-3-5-19-28(21)32(50)44(17(2)39-19)24(35)10-11-25(36)45/h3-8,13,23-24,37H,9-12,14-15,34-35H2,1-2H3,(H2,36,45)(H,40,47)(H,41,51)(H,42,46,48)/b18-13-. The molecule has 10 N–H and O–H groups in total. The largest absolute Gasteiger partial charge is 0.443 e. The smallest absolute Gasteiger partial charge is 0.412 e. The maximum atomic E-state index is 13.6. The van der Waals surface area contributed by atoms with Crippen LogP contribution in [0.1, 0.15) is 49.5 Å². The minimum Gasteiger partial charge on any atom is -0.443 e. The highest BCUT2D eigenvalue weighted by Crippen LogP contribution is 2.24. The van der Waals surface area contributed by atoms with Gasteiger partial charge in [-0.2, -0.15) is 0 Å². The van der Waals surface area contributed by atoms with Gasteiger partial charge in [0.05, 0.1) is 51.6 Å². The molecule has 5 amide bonds. The fourth-order valence-electron chi connectivity index (χ4n) is 5.83. The van der Waals surface area contributed by atoms with Crippen LogP contribution in [-0.4, -0.2) is 62.0 Å². The molecule has 2 aromatic heterocycles. The molecule has 272 valence electrons. The molecule has 1 saturated heterocycles. The van der Waals surface area contributed by atoms with Gasteiger partial charge in [-0.05, 0) is 51.0 Å². The molecular formula is C33H37N11O8. The van der Waals surface area contributed by atoms with Crippen LogP contribution in [0.25, 0.3) is 21.8 Å². The SMILES string of the molecule is Cc1nc2cccc(NC(=O)CN/C=C(\N)COC(=O)Nc3cccc4nc(C)n(C5CCC(=O)NC5=O)c(=O)c34)c2c(=O)n1C(N)CCC(N)=O. The molecule has 0 aliphatic carbocycles. The van der Waals surface area contributed by atoms with E-state index in [-0.39, 0.29) is 71.4 Å². The number of imide groups is 1. The van der Waals surface area contributed by atoms with E-state index in [9.17, 15) is 33.6 Å². The van der Waals surface area contributed by atoms with Crippen LogP contribution in [0.5, 0.6) is 0 Å². The molecule has 2 atom stereocenters. The molecule has 19 heteroatoms. The Morgan fingerprint density at radius 1 is 0.962 bits per heavy atom. The summed E-state index contributed by atoms with van der Waals surface area (Å²) in [7, 11) is 0. The van der Waals surface area contributed by atoms with Crippen LogP contribution in [0.4, 0.5) is 16.2 Å². The van der Waals surface area contributed by atoms with Crippen LogP contribution in [0.2, 0.25) is 0 Å². The van der Waals surface area contributed by atoms with Gasteiger partial charge in [-0.3, -0.25) is 48.5 Å². The Bertz CT molecular complexity index is 2260. The van der Waals surface area contributed by atoms with Crippen molar-refractivity contribution in [1.82, 2.24) is 29.7 Å². The summed E-state index contributed by atoms with van der Waals surface area (Å²) in [5.41, 5.74) is 17.2. The van der Waals surface area contributed by atoms with Crippen molar-refractivity contribution < 1.29 is 28.7 Å². The van der Waals surface area contributed by atoms with Crippen molar-refractivity contribution >= 4 is 62.9 Å². The lowest BCUT2D eigenvalue weighted by Gasteiger charge is -2.24. The monoisotopic (exact) mass is 715 g/mol. The number of rotatable bonds is 12. The highest BCUT2D eigenvalue weighted by atomic mass is 16.5. The van der Waals surface area contributed by atoms with Gasteiger partial charge in [0.1, 0.15) is 24.3 Å². The van der Waals surface area contributed by atoms with Crippen molar-refractivity contribution in [2.24, 2.45) is 17.2 Å². The van der Waals surface area contributed by atoms with Crippen molar-refractivity contribution in [2.45, 2.75) is 51.7 Å². The van der Waals surface area contributed by atoms with Crippen LogP contribution < -0.4 is 49.6 Å². The van der Waals surface area contributed by atoms with E-state index < -0.39 is 59.7 Å². The lowest BCUT2D eigenvalue weighted by atomic mass is 10.1. The first-order valence-electron chi connectivity index (χ1n) is 16.1. The van der Waals surface area contributed by atoms with Gasteiger partial charge in [-0.25, -0.2) is 14.8 Å². The van der Waals surface area contributed by atoms with Crippen molar-refractivity contribution in [3.63, 3.8) is 0 Å². The summed E-state index contributed by atoms with van der Waals surface area (Å²) in [5, 5.41) is 10.3. The second-order valence-corrected chi connectivity index (χ2v) is 12.0. The minimum atomic E-state index is -0.950. The van der Waals surface area contributed by atoms with E-state index in [2.05, 4.69) is 31.2 Å². The van der Waals surface area contributed by atoms with Crippen LogP contribution in [-0.2, 0) is 23.9 Å². The Balaban J connectivity index is 1.20. The molecule has 1 aliphatic heterocycles. The maximum absolute atomic E-state index is 13.6. The first-order chi connectivity index (χ1) is 24.7. The Morgan fingerprint density at radius 3 is 2.25 bits per heavy atom. The Labute approximate surface area is 294 Å². The number of hydrogen-bond acceptors (Lipinski definition) is 13. The summed E-state index contributed by atoms with van der Waals surface area (Å²) < 4.78 is 7.63. The molecule has 2 aromatic carbocycles. The highest BCUT2D eigenvalue weighted by molar-refractivity contribution is 6.02. The molecule has 1 aliphatic rings. The Kier molecular flexibility index (Phi) is 10.9. The summed E-state index contributed by atoms with van der Waals surface area (Å²) in [4.78, 5) is 96.7. The van der Waals surface area contributed by atoms with E-state index in [1.807, 2.05) is 0 Å². The molecule has 1 fully saturated rings. The molecule has 5 rings (SSSR count). The maximum Gasteiger partial charge on any atom is 0.412 e. The van der Waals surface area contributed by atoms with Gasteiger partial charge in [0.25, 0.3) is 11.1 Å². The van der Waals surface area contributed by atoms with E-state index in [4.69, 9.17) is 21.9 Å². The van der Waals surface area contributed by atoms with Crippen LogP contribution >= 0.6 is 0 Å². The Morgan fingerprint density at radius 2 is 1.60 bits per heavy atom. The van der Waals surface area contributed by atoms with Crippen LogP contribution in [0, 0.1) is 13.8 Å². The number of primary amides is 1. The van der Waals surface area contributed by atoms with E-state index >= 15 is 0 Å². The number of amides is 5. The lowest BCUT2D eigenvalue weighted by molar-refractivity contribution is -0.136. The molecule has 52 heavy (non-hydrogen) atoms. The zero-order chi connectivity index (χ0) is 37.7. The van der Waals surface area contributed by atoms with Crippen molar-refractivity contribution in [2.75, 3.05) is 23.8 Å². The third-order valence-corrected chi connectivity index (χ3v) is 8.18. The summed E-state index contributed by atoms with van der Waals surface area (Å²) >= 11 is 0. The number of carbonyl (C=O) groups excluding carboxylic acids is 5. The second-order valence-electron chi connectivity index (χ2n) is 12.0. The number of benzene rings is 2. The molecule has 0 radical (unpaired) electrons. The van der Waals surface area contributed by atoms with E-state index in [1.54, 1.807) is 38.1 Å². The van der Waals surface area contributed by atoms with Crippen molar-refractivity contribution in [3.8, 4) is 0 Å². The van der Waals surface area contributed by atoms with Gasteiger partial charge in [-0.1, -0.05) is 12.1 Å². The number of nitrogens with zero attached hydrogens (tertiary/aromatic N) is 4. The lowest BCUT2D eigenvalue weighted by Crippen LogP contribution is -2.45. The highest BCUT2D eigenvalue weighted by Gasteiger charge is 2.31. The number of aryl methyl sites for hydroxylation is 2. The number of ether oxygens (including phenoxy) is 1. The molecule has 4 aromatic rings. The van der Waals surface area contributed by atoms with E-state index in [0.717, 1.165) is 0 Å². The van der Waals surface area contributed by atoms with E-state index in [0.29, 0.717) is 11.3 Å². The topological polar surface area (TPSA) is 291 Å². The summed E-state index contributed by atoms with van der Waals surface area (Å²) in [5.74, 6) is -1.56. The predicted octanol–water partition coefficient (Wildman–Crippen LogP) is 0.000640. The third-order valence-electron chi connectivity index (χ3n) is 8.18. The molecule has 3 heterocycles. The quantitative estimate of drug-likeness (QED) is 0.0952. The summed E-state index contributed by atoms with van der Waals surface area (Å²) in [6.07, 6.45) is -0.288. The number of nitrogens with one attached hydrogen (secondary N) is 4. The van der Waals surface area contributed by atoms with Gasteiger partial charge in [-0.15, -0.1) is 0 Å². The Hall–Kier alpha value is -6.63. The number of hydrogen-bond donors (Lipinski definition) is 7. The van der Waals surface area contributed by atoms with Crippen molar-refractivity contribution in [1.29, 1.82) is 0 Å². The third kappa shape index (κ3) is 8.05. The van der Waals surface area contributed by atoms with Crippen LogP contribution in [0.3, 0.4) is 0 Å². The number of piperidine rings is 1. The fraction of sp³-hybridized carbons (Fsp3) is 0.303. The van der Waals surface area contributed by atoms with Gasteiger partial charge in [0.15, 0.2) is 0 Å². The van der Waals surface area contributed by atoms with E-state index in [1.165, 1.54) is 27.5 Å². The number of aromatic nitrogens is 4. The summed E-state index contributed by atoms with van der Waals surface area (Å²) in [6.45, 7) is 2.50. The molecular weight excluding hydrogens is 678 g/mol.